The highest BCUT2D eigenvalue weighted by Gasteiger charge is 2.37. The summed E-state index contributed by atoms with van der Waals surface area (Å²) in [5.74, 6) is 3.49. The van der Waals surface area contributed by atoms with Crippen LogP contribution in [0, 0.1) is 0 Å². The molecule has 0 aliphatic carbocycles. The first-order valence-corrected chi connectivity index (χ1v) is 10.9. The molecule has 0 bridgehead atoms. The molecule has 2 aliphatic heterocycles. The summed E-state index contributed by atoms with van der Waals surface area (Å²) in [6, 6.07) is 8.21. The number of carbonyl (C=O) groups excluding carboxylic acids is 1. The molecular formula is C23H27N6O3+. The molecule has 4 heterocycles. The van der Waals surface area contributed by atoms with Gasteiger partial charge in [-0.05, 0) is 17.7 Å². The molecule has 1 saturated heterocycles. The molecule has 0 N–H and O–H groups in total. The Morgan fingerprint density at radius 2 is 1.91 bits per heavy atom. The standard InChI is InChI=1S/C23H27N6O3/c1-18(30)27-7-10-29(11-8-27,23-15-22(25-16-26-23)28-6-5-24-17-28)9-4-19-2-3-20-21(14-19)32-13-12-31-20/h2-3,5-6,14-17H,4,7-13H2,1H3/q+1. The SMILES string of the molecule is CC(=O)N1CC[N+](CCc2ccc3c(c2)OCCO3)(c2cc(-n3ccnc3)ncn2)CC1. The lowest BCUT2D eigenvalue weighted by atomic mass is 10.1. The number of nitrogens with zero attached hydrogens (tertiary/aromatic N) is 6. The van der Waals surface area contributed by atoms with Gasteiger partial charge in [0.2, 0.25) is 11.7 Å². The number of ether oxygens (including phenoxy) is 2. The van der Waals surface area contributed by atoms with Crippen LogP contribution in [0.3, 0.4) is 0 Å². The summed E-state index contributed by atoms with van der Waals surface area (Å²) in [5, 5.41) is 0. The second-order valence-corrected chi connectivity index (χ2v) is 8.25. The molecule has 1 aromatic carbocycles. The quantitative estimate of drug-likeness (QED) is 0.569. The van der Waals surface area contributed by atoms with E-state index in [4.69, 9.17) is 9.47 Å². The number of aromatic nitrogens is 4. The van der Waals surface area contributed by atoms with E-state index in [1.165, 1.54) is 5.56 Å². The molecule has 9 nitrogen and oxygen atoms in total. The van der Waals surface area contributed by atoms with Crippen molar-refractivity contribution in [3.63, 3.8) is 0 Å². The van der Waals surface area contributed by atoms with Gasteiger partial charge in [0, 0.05) is 25.7 Å². The summed E-state index contributed by atoms with van der Waals surface area (Å²) in [4.78, 5) is 27.1. The number of carbonyl (C=O) groups is 1. The van der Waals surface area contributed by atoms with Crippen molar-refractivity contribution in [2.24, 2.45) is 0 Å². The smallest absolute Gasteiger partial charge is 0.232 e. The van der Waals surface area contributed by atoms with Crippen LogP contribution >= 0.6 is 0 Å². The fraction of sp³-hybridized carbons (Fsp3) is 0.391. The van der Waals surface area contributed by atoms with E-state index in [1.807, 2.05) is 27.8 Å². The van der Waals surface area contributed by atoms with Gasteiger partial charge in [-0.2, -0.15) is 4.98 Å². The lowest BCUT2D eigenvalue weighted by Crippen LogP contribution is -2.62. The van der Waals surface area contributed by atoms with Gasteiger partial charge in [-0.15, -0.1) is 0 Å². The van der Waals surface area contributed by atoms with Crippen LogP contribution < -0.4 is 14.0 Å². The van der Waals surface area contributed by atoms with Gasteiger partial charge in [0.05, 0.1) is 25.7 Å². The second kappa shape index (κ2) is 8.58. The van der Waals surface area contributed by atoms with E-state index < -0.39 is 0 Å². The van der Waals surface area contributed by atoms with Crippen molar-refractivity contribution >= 4 is 11.7 Å². The molecule has 0 atom stereocenters. The van der Waals surface area contributed by atoms with Crippen molar-refractivity contribution in [3.8, 4) is 17.3 Å². The van der Waals surface area contributed by atoms with Crippen LogP contribution in [-0.2, 0) is 11.2 Å². The number of hydrogen-bond donors (Lipinski definition) is 0. The molecule has 0 saturated carbocycles. The molecule has 1 fully saturated rings. The first-order valence-electron chi connectivity index (χ1n) is 10.9. The second-order valence-electron chi connectivity index (χ2n) is 8.25. The fourth-order valence-corrected chi connectivity index (χ4v) is 4.45. The predicted molar refractivity (Wildman–Crippen MR) is 119 cm³/mol. The topological polar surface area (TPSA) is 82.4 Å². The molecule has 1 amide bonds. The summed E-state index contributed by atoms with van der Waals surface area (Å²) < 4.78 is 14.0. The molecule has 0 radical (unpaired) electrons. The lowest BCUT2D eigenvalue weighted by molar-refractivity contribution is -0.130. The Kier molecular flexibility index (Phi) is 5.48. The van der Waals surface area contributed by atoms with Gasteiger partial charge in [-0.25, -0.2) is 9.97 Å². The Balaban J connectivity index is 1.42. The third kappa shape index (κ3) is 4.03. The van der Waals surface area contributed by atoms with Crippen LogP contribution in [0.25, 0.3) is 5.82 Å². The fourth-order valence-electron chi connectivity index (χ4n) is 4.45. The minimum absolute atomic E-state index is 0.122. The predicted octanol–water partition coefficient (Wildman–Crippen LogP) is 1.85. The highest BCUT2D eigenvalue weighted by atomic mass is 16.6. The zero-order valence-corrected chi connectivity index (χ0v) is 18.2. The van der Waals surface area contributed by atoms with E-state index in [9.17, 15) is 4.79 Å². The van der Waals surface area contributed by atoms with Gasteiger partial charge >= 0.3 is 0 Å². The number of amides is 1. The zero-order valence-electron chi connectivity index (χ0n) is 18.2. The molecular weight excluding hydrogens is 408 g/mol. The van der Waals surface area contributed by atoms with Gasteiger partial charge in [-0.1, -0.05) is 6.07 Å². The van der Waals surface area contributed by atoms with Gasteiger partial charge in [0.15, 0.2) is 11.5 Å². The molecule has 166 valence electrons. The van der Waals surface area contributed by atoms with Gasteiger partial charge < -0.3 is 14.4 Å². The third-order valence-electron chi connectivity index (χ3n) is 6.37. The summed E-state index contributed by atoms with van der Waals surface area (Å²) in [7, 11) is 0. The van der Waals surface area contributed by atoms with E-state index >= 15 is 0 Å². The molecule has 2 aliphatic rings. The lowest BCUT2D eigenvalue weighted by Gasteiger charge is -2.43. The maximum atomic E-state index is 11.9. The first kappa shape index (κ1) is 20.4. The summed E-state index contributed by atoms with van der Waals surface area (Å²) in [6.45, 7) is 6.71. The molecule has 5 rings (SSSR count). The summed E-state index contributed by atoms with van der Waals surface area (Å²) in [6.07, 6.45) is 7.82. The average molecular weight is 436 g/mol. The highest BCUT2D eigenvalue weighted by Crippen LogP contribution is 2.32. The van der Waals surface area contributed by atoms with E-state index in [-0.39, 0.29) is 5.91 Å². The minimum atomic E-state index is 0.122. The van der Waals surface area contributed by atoms with Crippen LogP contribution in [0.15, 0.2) is 49.3 Å². The maximum Gasteiger partial charge on any atom is 0.232 e. The number of piperazine rings is 1. The number of rotatable bonds is 5. The van der Waals surface area contributed by atoms with Crippen LogP contribution in [0.4, 0.5) is 5.82 Å². The number of fused-ring (bicyclic) bond motifs is 1. The number of hydrogen-bond acceptors (Lipinski definition) is 6. The van der Waals surface area contributed by atoms with E-state index in [2.05, 4.69) is 27.1 Å². The van der Waals surface area contributed by atoms with Crippen molar-refractivity contribution in [1.82, 2.24) is 28.9 Å². The van der Waals surface area contributed by atoms with Crippen LogP contribution in [0.2, 0.25) is 0 Å². The van der Waals surface area contributed by atoms with Crippen LogP contribution in [-0.4, -0.2) is 76.3 Å². The van der Waals surface area contributed by atoms with E-state index in [0.717, 1.165) is 49.2 Å². The molecule has 2 aromatic heterocycles. The maximum absolute atomic E-state index is 11.9. The first-order chi connectivity index (χ1) is 15.6. The molecule has 0 unspecified atom stereocenters. The Morgan fingerprint density at radius 1 is 1.09 bits per heavy atom. The normalized spacial score (nSPS) is 17.2. The van der Waals surface area contributed by atoms with E-state index in [0.29, 0.717) is 30.8 Å². The van der Waals surface area contributed by atoms with E-state index in [1.54, 1.807) is 25.8 Å². The summed E-state index contributed by atoms with van der Waals surface area (Å²) in [5.41, 5.74) is 1.20. The Hall–Kier alpha value is -3.46. The van der Waals surface area contributed by atoms with Crippen molar-refractivity contribution in [2.75, 3.05) is 45.9 Å². The third-order valence-corrected chi connectivity index (χ3v) is 6.37. The molecule has 0 spiro atoms. The number of quaternary nitrogens is 1. The summed E-state index contributed by atoms with van der Waals surface area (Å²) >= 11 is 0. The zero-order chi connectivity index (χ0) is 22.0. The number of imidazole rings is 1. The molecule has 32 heavy (non-hydrogen) atoms. The van der Waals surface area contributed by atoms with Crippen LogP contribution in [0.5, 0.6) is 11.5 Å². The van der Waals surface area contributed by atoms with Crippen LogP contribution in [0.1, 0.15) is 12.5 Å². The minimum Gasteiger partial charge on any atom is -0.486 e. The van der Waals surface area contributed by atoms with Crippen molar-refractivity contribution in [3.05, 3.63) is 54.9 Å². The highest BCUT2D eigenvalue weighted by molar-refractivity contribution is 5.73. The average Bonchev–Trinajstić information content (AvgIpc) is 3.38. The number of benzene rings is 1. The van der Waals surface area contributed by atoms with Gasteiger partial charge in [-0.3, -0.25) is 13.8 Å². The largest absolute Gasteiger partial charge is 0.486 e. The van der Waals surface area contributed by atoms with Crippen molar-refractivity contribution in [1.29, 1.82) is 0 Å². The Bertz CT molecular complexity index is 1090. The van der Waals surface area contributed by atoms with Gasteiger partial charge in [0.1, 0.15) is 44.8 Å². The monoisotopic (exact) mass is 435 g/mol. The van der Waals surface area contributed by atoms with Crippen molar-refractivity contribution in [2.45, 2.75) is 13.3 Å². The van der Waals surface area contributed by atoms with Gasteiger partial charge in [0.25, 0.3) is 0 Å². The Morgan fingerprint density at radius 3 is 2.66 bits per heavy atom. The van der Waals surface area contributed by atoms with Crippen molar-refractivity contribution < 1.29 is 14.3 Å². The molecule has 9 heteroatoms. The molecule has 3 aromatic rings. The Labute approximate surface area is 186 Å².